The summed E-state index contributed by atoms with van der Waals surface area (Å²) < 4.78 is 31.7. The maximum atomic E-state index is 13.6. The number of hydrogen-bond acceptors (Lipinski definition) is 5. The molecule has 2 amide bonds. The van der Waals surface area contributed by atoms with Crippen molar-refractivity contribution >= 4 is 27.5 Å². The maximum Gasteiger partial charge on any atom is 0.244 e. The SMILES string of the molecule is CCCCNC(=O)[C@H](C)N(Cc1cccc(OC)c1)C(=O)CN(c1ccc(C)c(C)c1)S(C)(=O)=O. The number of rotatable bonds is 12. The highest BCUT2D eigenvalue weighted by Gasteiger charge is 2.30. The second-order valence-corrected chi connectivity index (χ2v) is 10.6. The van der Waals surface area contributed by atoms with E-state index >= 15 is 0 Å². The highest BCUT2D eigenvalue weighted by atomic mass is 32.2. The van der Waals surface area contributed by atoms with E-state index in [1.54, 1.807) is 44.4 Å². The lowest BCUT2D eigenvalue weighted by molar-refractivity contribution is -0.139. The van der Waals surface area contributed by atoms with Gasteiger partial charge in [0.05, 0.1) is 19.1 Å². The van der Waals surface area contributed by atoms with E-state index in [1.807, 2.05) is 32.9 Å². The lowest BCUT2D eigenvalue weighted by atomic mass is 10.1. The van der Waals surface area contributed by atoms with Gasteiger partial charge in [-0.3, -0.25) is 13.9 Å². The van der Waals surface area contributed by atoms with Crippen LogP contribution < -0.4 is 14.4 Å². The number of carbonyl (C=O) groups is 2. The second kappa shape index (κ2) is 12.6. The minimum absolute atomic E-state index is 0.128. The zero-order chi connectivity index (χ0) is 26.2. The molecule has 8 nitrogen and oxygen atoms in total. The molecule has 0 spiro atoms. The van der Waals surface area contributed by atoms with E-state index in [-0.39, 0.29) is 12.5 Å². The molecule has 2 aromatic carbocycles. The zero-order valence-electron chi connectivity index (χ0n) is 21.5. The molecule has 35 heavy (non-hydrogen) atoms. The summed E-state index contributed by atoms with van der Waals surface area (Å²) in [7, 11) is -2.20. The normalized spacial score (nSPS) is 12.1. The molecule has 1 atom stereocenters. The number of amides is 2. The third kappa shape index (κ3) is 7.99. The van der Waals surface area contributed by atoms with Crippen LogP contribution in [0.2, 0.25) is 0 Å². The van der Waals surface area contributed by atoms with Crippen LogP contribution in [0, 0.1) is 13.8 Å². The molecule has 0 heterocycles. The van der Waals surface area contributed by atoms with Gasteiger partial charge in [-0.15, -0.1) is 0 Å². The molecule has 0 aromatic heterocycles. The summed E-state index contributed by atoms with van der Waals surface area (Å²) in [5, 5.41) is 2.87. The number of carbonyl (C=O) groups excluding carboxylic acids is 2. The molecule has 0 fully saturated rings. The van der Waals surface area contributed by atoms with Crippen LogP contribution in [-0.2, 0) is 26.2 Å². The Kier molecular flexibility index (Phi) is 10.1. The molecular weight excluding hydrogens is 466 g/mol. The Morgan fingerprint density at radius 3 is 2.40 bits per heavy atom. The molecule has 0 aliphatic carbocycles. The van der Waals surface area contributed by atoms with Crippen LogP contribution in [0.4, 0.5) is 5.69 Å². The Labute approximate surface area is 209 Å². The molecule has 0 aliphatic heterocycles. The summed E-state index contributed by atoms with van der Waals surface area (Å²) in [5.41, 5.74) is 3.11. The van der Waals surface area contributed by atoms with Crippen molar-refractivity contribution in [3.63, 3.8) is 0 Å². The molecule has 0 saturated heterocycles. The van der Waals surface area contributed by atoms with E-state index < -0.39 is 28.5 Å². The van der Waals surface area contributed by atoms with Crippen molar-refractivity contribution in [3.8, 4) is 5.75 Å². The van der Waals surface area contributed by atoms with E-state index in [0.717, 1.165) is 40.1 Å². The third-order valence-electron chi connectivity index (χ3n) is 5.94. The van der Waals surface area contributed by atoms with Gasteiger partial charge in [-0.05, 0) is 68.1 Å². The minimum Gasteiger partial charge on any atom is -0.497 e. The topological polar surface area (TPSA) is 96.0 Å². The fraction of sp³-hybridized carbons (Fsp3) is 0.462. The highest BCUT2D eigenvalue weighted by molar-refractivity contribution is 7.92. The predicted octanol–water partition coefficient (Wildman–Crippen LogP) is 3.41. The second-order valence-electron chi connectivity index (χ2n) is 8.73. The van der Waals surface area contributed by atoms with Gasteiger partial charge in [0, 0.05) is 13.1 Å². The molecule has 9 heteroatoms. The van der Waals surface area contributed by atoms with Crippen molar-refractivity contribution in [1.29, 1.82) is 0 Å². The molecule has 2 rings (SSSR count). The van der Waals surface area contributed by atoms with Crippen molar-refractivity contribution in [2.24, 2.45) is 0 Å². The van der Waals surface area contributed by atoms with Crippen LogP contribution in [0.5, 0.6) is 5.75 Å². The Bertz CT molecular complexity index is 1130. The molecule has 1 N–H and O–H groups in total. The number of anilines is 1. The van der Waals surface area contributed by atoms with E-state index in [1.165, 1.54) is 4.90 Å². The van der Waals surface area contributed by atoms with Gasteiger partial charge in [0.25, 0.3) is 0 Å². The lowest BCUT2D eigenvalue weighted by Gasteiger charge is -2.31. The van der Waals surface area contributed by atoms with Gasteiger partial charge in [0.15, 0.2) is 0 Å². The number of benzene rings is 2. The molecule has 2 aromatic rings. The van der Waals surface area contributed by atoms with Gasteiger partial charge in [-0.25, -0.2) is 8.42 Å². The Hall–Kier alpha value is -3.07. The maximum absolute atomic E-state index is 13.6. The molecule has 0 unspecified atom stereocenters. The number of nitrogens with zero attached hydrogens (tertiary/aromatic N) is 2. The van der Waals surface area contributed by atoms with Crippen molar-refractivity contribution in [2.45, 2.75) is 53.1 Å². The molecular formula is C26H37N3O5S. The Morgan fingerprint density at radius 1 is 1.09 bits per heavy atom. The first-order chi connectivity index (χ1) is 16.5. The average Bonchev–Trinajstić information content (AvgIpc) is 2.81. The number of methoxy groups -OCH3 is 1. The number of nitrogens with one attached hydrogen (secondary N) is 1. The summed E-state index contributed by atoms with van der Waals surface area (Å²) >= 11 is 0. The molecule has 0 saturated carbocycles. The van der Waals surface area contributed by atoms with Gasteiger partial charge in [-0.1, -0.05) is 31.5 Å². The van der Waals surface area contributed by atoms with Gasteiger partial charge < -0.3 is 15.0 Å². The van der Waals surface area contributed by atoms with Crippen molar-refractivity contribution in [2.75, 3.05) is 30.8 Å². The Balaban J connectivity index is 2.38. The molecule has 0 radical (unpaired) electrons. The van der Waals surface area contributed by atoms with Gasteiger partial charge >= 0.3 is 0 Å². The lowest BCUT2D eigenvalue weighted by Crippen LogP contribution is -2.51. The fourth-order valence-electron chi connectivity index (χ4n) is 3.58. The largest absolute Gasteiger partial charge is 0.497 e. The van der Waals surface area contributed by atoms with E-state index in [2.05, 4.69) is 5.32 Å². The van der Waals surface area contributed by atoms with Crippen LogP contribution in [0.15, 0.2) is 42.5 Å². The van der Waals surface area contributed by atoms with Gasteiger partial charge in [0.2, 0.25) is 21.8 Å². The first-order valence-corrected chi connectivity index (χ1v) is 13.6. The molecule has 0 aliphatic rings. The van der Waals surface area contributed by atoms with Crippen molar-refractivity contribution in [1.82, 2.24) is 10.2 Å². The molecule has 192 valence electrons. The minimum atomic E-state index is -3.76. The van der Waals surface area contributed by atoms with Crippen molar-refractivity contribution in [3.05, 3.63) is 59.2 Å². The first-order valence-electron chi connectivity index (χ1n) is 11.7. The number of aryl methyl sites for hydroxylation is 2. The first kappa shape index (κ1) is 28.2. The number of sulfonamides is 1. The summed E-state index contributed by atoms with van der Waals surface area (Å²) in [6.07, 6.45) is 2.83. The third-order valence-corrected chi connectivity index (χ3v) is 7.08. The van der Waals surface area contributed by atoms with E-state index in [0.29, 0.717) is 18.0 Å². The summed E-state index contributed by atoms with van der Waals surface area (Å²) in [6, 6.07) is 11.7. The van der Waals surface area contributed by atoms with Crippen LogP contribution >= 0.6 is 0 Å². The van der Waals surface area contributed by atoms with Crippen LogP contribution in [0.25, 0.3) is 0 Å². The summed E-state index contributed by atoms with van der Waals surface area (Å²) in [6.45, 7) is 7.73. The van der Waals surface area contributed by atoms with Crippen LogP contribution in [0.3, 0.4) is 0 Å². The van der Waals surface area contributed by atoms with Gasteiger partial charge in [-0.2, -0.15) is 0 Å². The van der Waals surface area contributed by atoms with Crippen LogP contribution in [-0.4, -0.2) is 57.6 Å². The van der Waals surface area contributed by atoms with Crippen molar-refractivity contribution < 1.29 is 22.7 Å². The van der Waals surface area contributed by atoms with E-state index in [9.17, 15) is 18.0 Å². The fourth-order valence-corrected chi connectivity index (χ4v) is 4.42. The quantitative estimate of drug-likeness (QED) is 0.448. The number of hydrogen-bond donors (Lipinski definition) is 1. The highest BCUT2D eigenvalue weighted by Crippen LogP contribution is 2.22. The predicted molar refractivity (Wildman–Crippen MR) is 139 cm³/mol. The summed E-state index contributed by atoms with van der Waals surface area (Å²) in [5.74, 6) is -0.135. The molecule has 0 bridgehead atoms. The monoisotopic (exact) mass is 503 g/mol. The van der Waals surface area contributed by atoms with Crippen LogP contribution in [0.1, 0.15) is 43.4 Å². The smallest absolute Gasteiger partial charge is 0.244 e. The standard InChI is InChI=1S/C26H37N3O5S/c1-7-8-14-27-26(31)21(4)28(17-22-10-9-11-24(16-22)34-5)25(30)18-29(35(6,32)33)23-13-12-19(2)20(3)15-23/h9-13,15-16,21H,7-8,14,17-18H2,1-6H3,(H,27,31)/t21-/m0/s1. The number of ether oxygens (including phenoxy) is 1. The van der Waals surface area contributed by atoms with E-state index in [4.69, 9.17) is 4.74 Å². The zero-order valence-corrected chi connectivity index (χ0v) is 22.3. The number of unbranched alkanes of at least 4 members (excludes halogenated alkanes) is 1. The summed E-state index contributed by atoms with van der Waals surface area (Å²) in [4.78, 5) is 27.8. The Morgan fingerprint density at radius 2 is 1.80 bits per heavy atom. The average molecular weight is 504 g/mol. The van der Waals surface area contributed by atoms with Gasteiger partial charge in [0.1, 0.15) is 18.3 Å².